The maximum absolute atomic E-state index is 11.5. The van der Waals surface area contributed by atoms with Crippen LogP contribution in [0.1, 0.15) is 37.8 Å². The number of unbranched alkanes of at least 4 members (excludes halogenated alkanes) is 1. The molecule has 1 rings (SSSR count). The Kier molecular flexibility index (Phi) is 7.61. The maximum Gasteiger partial charge on any atom is 0.407 e. The van der Waals surface area contributed by atoms with E-state index in [2.05, 4.69) is 10.6 Å². The Morgan fingerprint density at radius 1 is 1.19 bits per heavy atom. The number of ether oxygens (including phenoxy) is 1. The number of carbonyl (C=O) groups excluding carboxylic acids is 2. The average Bonchev–Trinajstić information content (AvgIpc) is 2.45. The third-order valence-corrected chi connectivity index (χ3v) is 3.33. The van der Waals surface area contributed by atoms with Gasteiger partial charge in [0.1, 0.15) is 0 Å². The van der Waals surface area contributed by atoms with Gasteiger partial charge in [0.15, 0.2) is 0 Å². The number of amides is 2. The quantitative estimate of drug-likeness (QED) is 0.761. The van der Waals surface area contributed by atoms with Crippen LogP contribution in [-0.4, -0.2) is 18.6 Å². The topological polar surface area (TPSA) is 67.4 Å². The summed E-state index contributed by atoms with van der Waals surface area (Å²) in [6.07, 6.45) is 1.37. The number of alkyl carbamates (subject to hydrolysis) is 1. The van der Waals surface area contributed by atoms with Crippen LogP contribution >= 0.6 is 11.6 Å². The summed E-state index contributed by atoms with van der Waals surface area (Å²) < 4.78 is 5.00. The van der Waals surface area contributed by atoms with Crippen molar-refractivity contribution < 1.29 is 14.3 Å². The Hall–Kier alpha value is -1.75. The second-order valence-electron chi connectivity index (χ2n) is 4.64. The Labute approximate surface area is 130 Å². The van der Waals surface area contributed by atoms with Gasteiger partial charge in [-0.25, -0.2) is 4.79 Å². The predicted molar refractivity (Wildman–Crippen MR) is 82.1 cm³/mol. The second-order valence-corrected chi connectivity index (χ2v) is 5.02. The van der Waals surface area contributed by atoms with E-state index in [1.807, 2.05) is 25.1 Å². The molecule has 1 aromatic carbocycles. The van der Waals surface area contributed by atoms with E-state index in [1.165, 1.54) is 6.92 Å². The molecule has 0 aliphatic heterocycles. The zero-order valence-electron chi connectivity index (χ0n) is 12.4. The minimum absolute atomic E-state index is 0.117. The lowest BCUT2D eigenvalue weighted by molar-refractivity contribution is -0.119. The van der Waals surface area contributed by atoms with Gasteiger partial charge >= 0.3 is 6.09 Å². The Morgan fingerprint density at radius 3 is 2.38 bits per heavy atom. The van der Waals surface area contributed by atoms with Gasteiger partial charge in [-0.1, -0.05) is 43.1 Å². The zero-order chi connectivity index (χ0) is 15.7. The van der Waals surface area contributed by atoms with Crippen LogP contribution in [-0.2, 0) is 22.6 Å². The molecule has 0 saturated heterocycles. The number of benzene rings is 1. The Balaban J connectivity index is 2.53. The largest absolute Gasteiger partial charge is 0.450 e. The van der Waals surface area contributed by atoms with E-state index in [9.17, 15) is 9.59 Å². The fraction of sp³-hybridized carbons (Fsp3) is 0.467. The minimum Gasteiger partial charge on any atom is -0.450 e. The van der Waals surface area contributed by atoms with Crippen LogP contribution in [0, 0.1) is 0 Å². The number of halogens is 1. The van der Waals surface area contributed by atoms with Crippen molar-refractivity contribution in [3.8, 4) is 0 Å². The molecule has 0 aliphatic rings. The van der Waals surface area contributed by atoms with Crippen LogP contribution in [0.4, 0.5) is 4.79 Å². The summed E-state index contributed by atoms with van der Waals surface area (Å²) in [5.41, 5.74) is 1.59. The standard InChI is InChI=1S/C15H21ClN2O3/c1-3-4-8-21-15(20)18-10-13-7-5-6-12(14(13)16)9-17-11(2)19/h5-7H,3-4,8-10H2,1-2H3,(H,17,19)(H,18,20). The number of nitrogens with one attached hydrogen (secondary N) is 2. The van der Waals surface area contributed by atoms with Gasteiger partial charge < -0.3 is 15.4 Å². The number of rotatable bonds is 7. The fourth-order valence-electron chi connectivity index (χ4n) is 1.65. The average molecular weight is 313 g/mol. The van der Waals surface area contributed by atoms with Crippen molar-refractivity contribution in [3.05, 3.63) is 34.3 Å². The van der Waals surface area contributed by atoms with Crippen molar-refractivity contribution in [2.75, 3.05) is 6.61 Å². The summed E-state index contributed by atoms with van der Waals surface area (Å²) in [6, 6.07) is 5.50. The molecule has 0 fully saturated rings. The Bertz CT molecular complexity index is 492. The molecule has 116 valence electrons. The highest BCUT2D eigenvalue weighted by atomic mass is 35.5. The monoisotopic (exact) mass is 312 g/mol. The summed E-state index contributed by atoms with van der Waals surface area (Å²) in [4.78, 5) is 22.4. The van der Waals surface area contributed by atoms with Crippen molar-refractivity contribution in [2.24, 2.45) is 0 Å². The van der Waals surface area contributed by atoms with Crippen LogP contribution in [0.25, 0.3) is 0 Å². The first-order valence-corrected chi connectivity index (χ1v) is 7.33. The van der Waals surface area contributed by atoms with Gasteiger partial charge in [0.2, 0.25) is 5.91 Å². The SMILES string of the molecule is CCCCOC(=O)NCc1cccc(CNC(C)=O)c1Cl. The van der Waals surface area contributed by atoms with Crippen LogP contribution in [0.15, 0.2) is 18.2 Å². The number of carbonyl (C=O) groups is 2. The number of hydrogen-bond donors (Lipinski definition) is 2. The molecule has 21 heavy (non-hydrogen) atoms. The number of hydrogen-bond acceptors (Lipinski definition) is 3. The molecular weight excluding hydrogens is 292 g/mol. The molecule has 5 nitrogen and oxygen atoms in total. The van der Waals surface area contributed by atoms with E-state index in [0.717, 1.165) is 24.0 Å². The molecule has 1 aromatic rings. The van der Waals surface area contributed by atoms with Crippen molar-refractivity contribution in [2.45, 2.75) is 39.8 Å². The van der Waals surface area contributed by atoms with Gasteiger partial charge in [0, 0.05) is 20.0 Å². The van der Waals surface area contributed by atoms with Crippen LogP contribution in [0.5, 0.6) is 0 Å². The fourth-order valence-corrected chi connectivity index (χ4v) is 1.91. The molecule has 0 aromatic heterocycles. The molecule has 0 unspecified atom stereocenters. The lowest BCUT2D eigenvalue weighted by Gasteiger charge is -2.11. The third-order valence-electron chi connectivity index (χ3n) is 2.84. The van der Waals surface area contributed by atoms with Crippen molar-refractivity contribution >= 4 is 23.6 Å². The first-order valence-electron chi connectivity index (χ1n) is 6.96. The molecule has 6 heteroatoms. The lowest BCUT2D eigenvalue weighted by Crippen LogP contribution is -2.24. The smallest absolute Gasteiger partial charge is 0.407 e. The molecule has 0 saturated carbocycles. The highest BCUT2D eigenvalue weighted by Crippen LogP contribution is 2.21. The van der Waals surface area contributed by atoms with Gasteiger partial charge in [-0.15, -0.1) is 0 Å². The molecule has 0 bridgehead atoms. The summed E-state index contributed by atoms with van der Waals surface area (Å²) in [5.74, 6) is -0.117. The minimum atomic E-state index is -0.452. The van der Waals surface area contributed by atoms with E-state index >= 15 is 0 Å². The highest BCUT2D eigenvalue weighted by Gasteiger charge is 2.08. The molecule has 0 aliphatic carbocycles. The second kappa shape index (κ2) is 9.23. The maximum atomic E-state index is 11.5. The van der Waals surface area contributed by atoms with Gasteiger partial charge in [0.05, 0.1) is 11.6 Å². The Morgan fingerprint density at radius 2 is 1.81 bits per heavy atom. The summed E-state index contributed by atoms with van der Waals surface area (Å²) >= 11 is 6.26. The third kappa shape index (κ3) is 6.49. The molecule has 2 N–H and O–H groups in total. The van der Waals surface area contributed by atoms with Gasteiger partial charge in [0.25, 0.3) is 0 Å². The molecule has 0 heterocycles. The van der Waals surface area contributed by atoms with Crippen molar-refractivity contribution in [1.82, 2.24) is 10.6 Å². The zero-order valence-corrected chi connectivity index (χ0v) is 13.1. The van der Waals surface area contributed by atoms with Crippen molar-refractivity contribution in [3.63, 3.8) is 0 Å². The van der Waals surface area contributed by atoms with E-state index < -0.39 is 6.09 Å². The summed E-state index contributed by atoms with van der Waals surface area (Å²) in [7, 11) is 0. The van der Waals surface area contributed by atoms with Gasteiger partial charge in [-0.05, 0) is 17.5 Å². The van der Waals surface area contributed by atoms with Crippen LogP contribution < -0.4 is 10.6 Å². The van der Waals surface area contributed by atoms with Crippen molar-refractivity contribution in [1.29, 1.82) is 0 Å². The van der Waals surface area contributed by atoms with E-state index in [0.29, 0.717) is 18.2 Å². The molecular formula is C15H21ClN2O3. The molecule has 2 amide bonds. The predicted octanol–water partition coefficient (Wildman–Crippen LogP) is 3.00. The van der Waals surface area contributed by atoms with E-state index in [1.54, 1.807) is 0 Å². The first-order chi connectivity index (χ1) is 10.0. The normalized spacial score (nSPS) is 10.0. The summed E-state index contributed by atoms with van der Waals surface area (Å²) in [6.45, 7) is 4.55. The molecule has 0 radical (unpaired) electrons. The molecule has 0 atom stereocenters. The van der Waals surface area contributed by atoms with E-state index in [4.69, 9.17) is 16.3 Å². The lowest BCUT2D eigenvalue weighted by atomic mass is 10.1. The van der Waals surface area contributed by atoms with Gasteiger partial charge in [-0.2, -0.15) is 0 Å². The molecule has 0 spiro atoms. The van der Waals surface area contributed by atoms with Crippen LogP contribution in [0.2, 0.25) is 5.02 Å². The summed E-state index contributed by atoms with van der Waals surface area (Å²) in [5, 5.41) is 5.89. The van der Waals surface area contributed by atoms with Crippen LogP contribution in [0.3, 0.4) is 0 Å². The van der Waals surface area contributed by atoms with Gasteiger partial charge in [-0.3, -0.25) is 4.79 Å². The highest BCUT2D eigenvalue weighted by molar-refractivity contribution is 6.32. The van der Waals surface area contributed by atoms with E-state index in [-0.39, 0.29) is 12.5 Å². The first kappa shape index (κ1) is 17.3.